The Morgan fingerprint density at radius 1 is 1.15 bits per heavy atom. The van der Waals surface area contributed by atoms with E-state index in [2.05, 4.69) is 10.2 Å². The predicted molar refractivity (Wildman–Crippen MR) is 68.7 cm³/mol. The fourth-order valence-corrected chi connectivity index (χ4v) is 2.70. The molecule has 104 valence electrons. The van der Waals surface area contributed by atoms with Gasteiger partial charge in [-0.1, -0.05) is 19.3 Å². The zero-order valence-corrected chi connectivity index (χ0v) is 10.9. The smallest absolute Gasteiger partial charge is 0.269 e. The van der Waals surface area contributed by atoms with Crippen LogP contribution < -0.4 is 5.11 Å². The van der Waals surface area contributed by atoms with E-state index in [1.165, 1.54) is 16.9 Å². The number of azo groups is 1. The van der Waals surface area contributed by atoms with E-state index in [0.29, 0.717) is 5.69 Å². The summed E-state index contributed by atoms with van der Waals surface area (Å²) < 4.78 is 0. The Kier molecular flexibility index (Phi) is 2.96. The van der Waals surface area contributed by atoms with Gasteiger partial charge in [-0.05, 0) is 12.8 Å². The Bertz CT molecular complexity index is 601. The number of hydrogen-bond acceptors (Lipinski definition) is 5. The summed E-state index contributed by atoms with van der Waals surface area (Å²) in [6.07, 6.45) is 4.57. The first-order valence-corrected chi connectivity index (χ1v) is 6.64. The minimum atomic E-state index is -0.694. The van der Waals surface area contributed by atoms with Crippen molar-refractivity contribution in [3.8, 4) is 0 Å². The molecule has 0 atom stereocenters. The molecule has 20 heavy (non-hydrogen) atoms. The number of nitro benzene ring substituents is 1. The first-order chi connectivity index (χ1) is 9.61. The molecule has 2 aliphatic rings. The van der Waals surface area contributed by atoms with E-state index < -0.39 is 10.5 Å². The van der Waals surface area contributed by atoms with Crippen LogP contribution in [0, 0.1) is 10.1 Å². The molecule has 1 aromatic carbocycles. The van der Waals surface area contributed by atoms with Gasteiger partial charge in [0.2, 0.25) is 0 Å². The first-order valence-electron chi connectivity index (χ1n) is 6.64. The Hall–Kier alpha value is -2.31. The van der Waals surface area contributed by atoms with Gasteiger partial charge in [0.05, 0.1) is 15.6 Å². The summed E-state index contributed by atoms with van der Waals surface area (Å²) in [7, 11) is 0. The van der Waals surface area contributed by atoms with Crippen LogP contribution in [0.1, 0.15) is 32.1 Å². The van der Waals surface area contributed by atoms with E-state index in [-0.39, 0.29) is 11.6 Å². The van der Waals surface area contributed by atoms with Crippen molar-refractivity contribution in [2.24, 2.45) is 10.2 Å². The lowest BCUT2D eigenvalue weighted by Gasteiger charge is -2.29. The molecule has 0 bridgehead atoms. The lowest BCUT2D eigenvalue weighted by Crippen LogP contribution is -2.43. The van der Waals surface area contributed by atoms with Gasteiger partial charge in [0.15, 0.2) is 5.54 Å². The molecule has 7 nitrogen and oxygen atoms in total. The molecule has 1 heterocycles. The molecule has 1 fully saturated rings. The van der Waals surface area contributed by atoms with Crippen LogP contribution in [0.5, 0.6) is 0 Å². The molecule has 0 unspecified atom stereocenters. The van der Waals surface area contributed by atoms with Crippen molar-refractivity contribution in [3.63, 3.8) is 0 Å². The second-order valence-electron chi connectivity index (χ2n) is 5.16. The van der Waals surface area contributed by atoms with E-state index in [0.717, 1.165) is 32.1 Å². The number of hydrazone groups is 1. The van der Waals surface area contributed by atoms with Crippen LogP contribution in [-0.2, 0) is 0 Å². The van der Waals surface area contributed by atoms with Crippen LogP contribution in [0.25, 0.3) is 0 Å². The fourth-order valence-electron chi connectivity index (χ4n) is 2.70. The normalized spacial score (nSPS) is 20.6. The molecule has 1 aliphatic carbocycles. The summed E-state index contributed by atoms with van der Waals surface area (Å²) in [6.45, 7) is 0. The maximum Gasteiger partial charge on any atom is 0.269 e. The second kappa shape index (κ2) is 4.66. The van der Waals surface area contributed by atoms with Crippen LogP contribution in [0.3, 0.4) is 0 Å². The minimum Gasteiger partial charge on any atom is -0.856 e. The molecule has 7 heteroatoms. The van der Waals surface area contributed by atoms with E-state index in [1.54, 1.807) is 12.1 Å². The van der Waals surface area contributed by atoms with Gasteiger partial charge >= 0.3 is 0 Å². The average Bonchev–Trinajstić information content (AvgIpc) is 2.77. The monoisotopic (exact) mass is 274 g/mol. The number of nitrogens with zero attached hydrogens (tertiary/aromatic N) is 4. The Morgan fingerprint density at radius 2 is 1.80 bits per heavy atom. The predicted octanol–water partition coefficient (Wildman–Crippen LogP) is 2.08. The quantitative estimate of drug-likeness (QED) is 0.469. The van der Waals surface area contributed by atoms with Gasteiger partial charge in [-0.2, -0.15) is 0 Å². The van der Waals surface area contributed by atoms with Crippen LogP contribution in [-0.4, -0.2) is 21.2 Å². The molecular weight excluding hydrogens is 260 g/mol. The van der Waals surface area contributed by atoms with Crippen LogP contribution >= 0.6 is 0 Å². The fraction of sp³-hybridized carbons (Fsp3) is 0.462. The topological polar surface area (TPSA) is 93.9 Å². The van der Waals surface area contributed by atoms with Crippen molar-refractivity contribution < 1.29 is 14.8 Å². The summed E-state index contributed by atoms with van der Waals surface area (Å²) in [5.74, 6) is -0.199. The van der Waals surface area contributed by atoms with Crippen LogP contribution in [0.15, 0.2) is 34.5 Å². The van der Waals surface area contributed by atoms with Crippen molar-refractivity contribution in [3.05, 3.63) is 34.4 Å². The molecule has 0 N–H and O–H groups in total. The van der Waals surface area contributed by atoms with Crippen molar-refractivity contribution in [1.82, 2.24) is 0 Å². The maximum absolute atomic E-state index is 12.1. The third-order valence-electron chi connectivity index (χ3n) is 3.84. The molecule has 0 aromatic heterocycles. The standard InChI is InChI=1S/C13H14N4O3/c18-12-13(8-2-1-3-9-13)15-16(14-12)10-4-6-11(7-5-10)17(19)20/h4-7H,1-3,8-9H2. The van der Waals surface area contributed by atoms with E-state index in [4.69, 9.17) is 0 Å². The maximum atomic E-state index is 12.1. The summed E-state index contributed by atoms with van der Waals surface area (Å²) in [4.78, 5) is 11.5. The molecule has 1 spiro atoms. The van der Waals surface area contributed by atoms with Crippen molar-refractivity contribution in [2.45, 2.75) is 37.6 Å². The van der Waals surface area contributed by atoms with Gasteiger partial charge in [-0.3, -0.25) is 10.1 Å². The Labute approximate surface area is 115 Å². The molecule has 0 amide bonds. The highest BCUT2D eigenvalue weighted by Gasteiger charge is 2.43. The summed E-state index contributed by atoms with van der Waals surface area (Å²) in [6, 6.07) is 5.88. The van der Waals surface area contributed by atoms with Crippen LogP contribution in [0.2, 0.25) is 0 Å². The molecule has 1 aromatic rings. The van der Waals surface area contributed by atoms with Gasteiger partial charge in [0, 0.05) is 34.5 Å². The average molecular weight is 274 g/mol. The van der Waals surface area contributed by atoms with Crippen molar-refractivity contribution in [2.75, 3.05) is 0 Å². The second-order valence-corrected chi connectivity index (χ2v) is 5.16. The molecule has 1 aliphatic heterocycles. The molecule has 0 radical (unpaired) electrons. The highest BCUT2D eigenvalue weighted by molar-refractivity contribution is 5.82. The van der Waals surface area contributed by atoms with Gasteiger partial charge in [0.1, 0.15) is 0 Å². The first kappa shape index (κ1) is 12.7. The third kappa shape index (κ3) is 2.04. The molecule has 1 saturated carbocycles. The Morgan fingerprint density at radius 3 is 2.40 bits per heavy atom. The number of hydrogen-bond donors (Lipinski definition) is 0. The number of benzene rings is 1. The molecule has 0 saturated heterocycles. The zero-order valence-electron chi connectivity index (χ0n) is 10.9. The summed E-state index contributed by atoms with van der Waals surface area (Å²) >= 11 is 0. The van der Waals surface area contributed by atoms with Crippen molar-refractivity contribution >= 4 is 17.3 Å². The molecule has 3 rings (SSSR count). The van der Waals surface area contributed by atoms with Crippen molar-refractivity contribution in [1.29, 1.82) is 0 Å². The zero-order chi connectivity index (χ0) is 14.2. The van der Waals surface area contributed by atoms with Gasteiger partial charge < -0.3 is 5.11 Å². The highest BCUT2D eigenvalue weighted by atomic mass is 16.6. The van der Waals surface area contributed by atoms with Gasteiger partial charge in [0.25, 0.3) is 11.4 Å². The highest BCUT2D eigenvalue weighted by Crippen LogP contribution is 2.36. The van der Waals surface area contributed by atoms with Gasteiger partial charge in [-0.15, -0.1) is 0 Å². The minimum absolute atomic E-state index is 0.00616. The number of non-ortho nitro benzene ring substituents is 1. The molecular formula is C13H14N4O3. The lowest BCUT2D eigenvalue weighted by molar-refractivity contribution is -0.518. The summed E-state index contributed by atoms with van der Waals surface area (Å²) in [5, 5.41) is 31.1. The Balaban J connectivity index is 1.91. The SMILES string of the molecule is O=[N+]([O-])c1ccc([N+]2=NC3(CCCCC3)C([O-])=N2)cc1. The summed E-state index contributed by atoms with van der Waals surface area (Å²) in [5.41, 5.74) is -0.113. The number of rotatable bonds is 2. The van der Waals surface area contributed by atoms with Crippen LogP contribution in [0.4, 0.5) is 11.4 Å². The van der Waals surface area contributed by atoms with E-state index in [1.807, 2.05) is 0 Å². The largest absolute Gasteiger partial charge is 0.856 e. The lowest BCUT2D eigenvalue weighted by atomic mass is 9.82. The van der Waals surface area contributed by atoms with E-state index >= 15 is 0 Å². The van der Waals surface area contributed by atoms with E-state index in [9.17, 15) is 15.2 Å². The van der Waals surface area contributed by atoms with Gasteiger partial charge in [-0.25, -0.2) is 0 Å². The number of nitro groups is 1. The third-order valence-corrected chi connectivity index (χ3v) is 3.84.